The summed E-state index contributed by atoms with van der Waals surface area (Å²) in [6.45, 7) is 6.29. The van der Waals surface area contributed by atoms with Crippen LogP contribution in [0.25, 0.3) is 0 Å². The monoisotopic (exact) mass is 142 g/mol. The first-order valence-electron chi connectivity index (χ1n) is 3.30. The maximum Gasteiger partial charge on any atom is 0.0693 e. The van der Waals surface area contributed by atoms with Gasteiger partial charge in [0, 0.05) is 0 Å². The smallest absolute Gasteiger partial charge is 0.0693 e. The van der Waals surface area contributed by atoms with Gasteiger partial charge in [0.25, 0.3) is 0 Å². The zero-order valence-corrected chi connectivity index (χ0v) is 6.29. The minimum Gasteiger partial charge on any atom is -0.389 e. The van der Waals surface area contributed by atoms with Crippen LogP contribution in [0.1, 0.15) is 6.92 Å². The quantitative estimate of drug-likeness (QED) is 0.460. The third-order valence-electron chi connectivity index (χ3n) is 0.864. The van der Waals surface area contributed by atoms with Crippen LogP contribution in [0.2, 0.25) is 0 Å². The summed E-state index contributed by atoms with van der Waals surface area (Å²) in [6.07, 6.45) is 4.78. The second-order valence-corrected chi connectivity index (χ2v) is 1.99. The van der Waals surface area contributed by atoms with Crippen molar-refractivity contribution in [3.05, 3.63) is 24.8 Å². The second-order valence-electron chi connectivity index (χ2n) is 1.99. The average Bonchev–Trinajstić information content (AvgIpc) is 1.87. The summed E-state index contributed by atoms with van der Waals surface area (Å²) in [6, 6.07) is 0. The molecular weight excluding hydrogens is 128 g/mol. The highest BCUT2D eigenvalue weighted by atomic mass is 16.5. The number of aliphatic hydroxyl groups is 1. The summed E-state index contributed by atoms with van der Waals surface area (Å²) in [4.78, 5) is 0. The molecule has 0 heterocycles. The van der Waals surface area contributed by atoms with Crippen LogP contribution in [-0.4, -0.2) is 24.4 Å². The normalized spacial score (nSPS) is 13.8. The van der Waals surface area contributed by atoms with Gasteiger partial charge in [0.05, 0.1) is 19.3 Å². The first kappa shape index (κ1) is 9.40. The summed E-state index contributed by atoms with van der Waals surface area (Å²) in [7, 11) is 0. The van der Waals surface area contributed by atoms with E-state index in [2.05, 4.69) is 6.58 Å². The van der Waals surface area contributed by atoms with Crippen molar-refractivity contribution in [2.75, 3.05) is 13.2 Å². The molecule has 0 saturated heterocycles. The van der Waals surface area contributed by atoms with Crippen molar-refractivity contribution >= 4 is 0 Å². The van der Waals surface area contributed by atoms with Gasteiger partial charge >= 0.3 is 0 Å². The van der Waals surface area contributed by atoms with Crippen LogP contribution < -0.4 is 0 Å². The Balaban J connectivity index is 3.10. The van der Waals surface area contributed by atoms with Gasteiger partial charge in [-0.15, -0.1) is 6.58 Å². The van der Waals surface area contributed by atoms with Crippen LogP contribution >= 0.6 is 0 Å². The molecule has 0 aromatic rings. The molecule has 10 heavy (non-hydrogen) atoms. The molecule has 0 aliphatic carbocycles. The highest BCUT2D eigenvalue weighted by molar-refractivity contribution is 4.86. The largest absolute Gasteiger partial charge is 0.389 e. The Labute approximate surface area is 61.8 Å². The van der Waals surface area contributed by atoms with E-state index in [0.717, 1.165) is 0 Å². The zero-order chi connectivity index (χ0) is 7.82. The molecule has 1 atom stereocenters. The Morgan fingerprint density at radius 2 is 2.30 bits per heavy atom. The lowest BCUT2D eigenvalue weighted by Gasteiger charge is -1.95. The van der Waals surface area contributed by atoms with Gasteiger partial charge in [0.1, 0.15) is 0 Å². The van der Waals surface area contributed by atoms with Crippen LogP contribution in [0.4, 0.5) is 0 Å². The summed E-state index contributed by atoms with van der Waals surface area (Å²) >= 11 is 0. The maximum absolute atomic E-state index is 8.75. The molecule has 2 heteroatoms. The van der Waals surface area contributed by atoms with E-state index >= 15 is 0 Å². The van der Waals surface area contributed by atoms with Crippen LogP contribution in [0.5, 0.6) is 0 Å². The predicted octanol–water partition coefficient (Wildman–Crippen LogP) is 1.13. The van der Waals surface area contributed by atoms with E-state index in [4.69, 9.17) is 9.84 Å². The molecule has 0 aromatic heterocycles. The molecule has 0 aliphatic rings. The predicted molar refractivity (Wildman–Crippen MR) is 41.8 cm³/mol. The Bertz CT molecular complexity index is 106. The SMILES string of the molecule is C=CCOC/C=C/C(C)O. The van der Waals surface area contributed by atoms with Gasteiger partial charge in [-0.3, -0.25) is 0 Å². The lowest BCUT2D eigenvalue weighted by molar-refractivity contribution is 0.191. The number of rotatable bonds is 5. The molecular formula is C8H14O2. The Kier molecular flexibility index (Phi) is 6.13. The van der Waals surface area contributed by atoms with Gasteiger partial charge in [-0.2, -0.15) is 0 Å². The number of hydrogen-bond acceptors (Lipinski definition) is 2. The third-order valence-corrected chi connectivity index (χ3v) is 0.864. The summed E-state index contributed by atoms with van der Waals surface area (Å²) in [5.74, 6) is 0. The summed E-state index contributed by atoms with van der Waals surface area (Å²) < 4.78 is 5.02. The topological polar surface area (TPSA) is 29.5 Å². The fourth-order valence-corrected chi connectivity index (χ4v) is 0.472. The molecule has 0 saturated carbocycles. The summed E-state index contributed by atoms with van der Waals surface area (Å²) in [5.41, 5.74) is 0. The standard InChI is InChI=1S/C8H14O2/c1-3-6-10-7-4-5-8(2)9/h3-5,8-9H,1,6-7H2,2H3/b5-4+. The first-order valence-corrected chi connectivity index (χ1v) is 3.30. The van der Waals surface area contributed by atoms with Crippen molar-refractivity contribution < 1.29 is 9.84 Å². The van der Waals surface area contributed by atoms with Crippen LogP contribution in [-0.2, 0) is 4.74 Å². The molecule has 0 bridgehead atoms. The third kappa shape index (κ3) is 7.40. The Hall–Kier alpha value is -0.600. The van der Waals surface area contributed by atoms with Crippen molar-refractivity contribution in [1.29, 1.82) is 0 Å². The van der Waals surface area contributed by atoms with Crippen molar-refractivity contribution in [3.8, 4) is 0 Å². The van der Waals surface area contributed by atoms with E-state index in [9.17, 15) is 0 Å². The van der Waals surface area contributed by atoms with Crippen molar-refractivity contribution in [1.82, 2.24) is 0 Å². The van der Waals surface area contributed by atoms with E-state index in [0.29, 0.717) is 13.2 Å². The van der Waals surface area contributed by atoms with Gasteiger partial charge in [-0.05, 0) is 6.92 Å². The Morgan fingerprint density at radius 3 is 2.80 bits per heavy atom. The highest BCUT2D eigenvalue weighted by Crippen LogP contribution is 1.83. The van der Waals surface area contributed by atoms with Crippen LogP contribution in [0, 0.1) is 0 Å². The molecule has 1 unspecified atom stereocenters. The van der Waals surface area contributed by atoms with Gasteiger partial charge in [0.15, 0.2) is 0 Å². The van der Waals surface area contributed by atoms with Gasteiger partial charge in [0.2, 0.25) is 0 Å². The average molecular weight is 142 g/mol. The maximum atomic E-state index is 8.75. The van der Waals surface area contributed by atoms with Crippen LogP contribution in [0.3, 0.4) is 0 Å². The fourth-order valence-electron chi connectivity index (χ4n) is 0.472. The lowest BCUT2D eigenvalue weighted by atomic mass is 10.4. The molecule has 2 nitrogen and oxygen atoms in total. The number of ether oxygens (including phenoxy) is 1. The molecule has 0 rings (SSSR count). The molecule has 0 radical (unpaired) electrons. The van der Waals surface area contributed by atoms with E-state index in [1.165, 1.54) is 0 Å². The van der Waals surface area contributed by atoms with E-state index in [1.807, 2.05) is 0 Å². The zero-order valence-electron chi connectivity index (χ0n) is 6.29. The number of hydrogen-bond donors (Lipinski definition) is 1. The van der Waals surface area contributed by atoms with Gasteiger partial charge in [-0.1, -0.05) is 18.2 Å². The van der Waals surface area contributed by atoms with Crippen molar-refractivity contribution in [3.63, 3.8) is 0 Å². The summed E-state index contributed by atoms with van der Waals surface area (Å²) in [5, 5.41) is 8.75. The van der Waals surface area contributed by atoms with Gasteiger partial charge in [-0.25, -0.2) is 0 Å². The minimum absolute atomic E-state index is 0.382. The van der Waals surface area contributed by atoms with E-state index in [1.54, 1.807) is 25.2 Å². The number of aliphatic hydroxyl groups excluding tert-OH is 1. The molecule has 0 aliphatic heterocycles. The molecule has 58 valence electrons. The van der Waals surface area contributed by atoms with Gasteiger partial charge < -0.3 is 9.84 Å². The molecule has 0 spiro atoms. The molecule has 0 amide bonds. The van der Waals surface area contributed by atoms with E-state index < -0.39 is 0 Å². The van der Waals surface area contributed by atoms with Crippen molar-refractivity contribution in [2.45, 2.75) is 13.0 Å². The molecule has 0 aromatic carbocycles. The Morgan fingerprint density at radius 1 is 1.60 bits per heavy atom. The fraction of sp³-hybridized carbons (Fsp3) is 0.500. The second kappa shape index (κ2) is 6.52. The molecule has 1 N–H and O–H groups in total. The van der Waals surface area contributed by atoms with Crippen molar-refractivity contribution in [2.24, 2.45) is 0 Å². The van der Waals surface area contributed by atoms with E-state index in [-0.39, 0.29) is 6.10 Å². The first-order chi connectivity index (χ1) is 4.77. The minimum atomic E-state index is -0.382. The van der Waals surface area contributed by atoms with Crippen LogP contribution in [0.15, 0.2) is 24.8 Å². The highest BCUT2D eigenvalue weighted by Gasteiger charge is 1.83. The molecule has 0 fully saturated rings. The lowest BCUT2D eigenvalue weighted by Crippen LogP contribution is -1.95.